The lowest BCUT2D eigenvalue weighted by molar-refractivity contribution is -0.197. The fourth-order valence-corrected chi connectivity index (χ4v) is 3.32. The van der Waals surface area contributed by atoms with Crippen molar-refractivity contribution in [3.63, 3.8) is 0 Å². The first-order valence-electron chi connectivity index (χ1n) is 8.95. The van der Waals surface area contributed by atoms with Gasteiger partial charge in [-0.1, -0.05) is 0 Å². The Hall–Kier alpha value is -1.71. The fourth-order valence-electron chi connectivity index (χ4n) is 3.32. The van der Waals surface area contributed by atoms with E-state index >= 15 is 0 Å². The van der Waals surface area contributed by atoms with Crippen molar-refractivity contribution in [2.24, 2.45) is 0 Å². The number of alkyl halides is 1. The molecular weight excluding hydrogens is 399 g/mol. The summed E-state index contributed by atoms with van der Waals surface area (Å²) in [6, 6.07) is 1.04. The van der Waals surface area contributed by atoms with Gasteiger partial charge in [-0.05, 0) is 0 Å². The third-order valence-electron chi connectivity index (χ3n) is 4.93. The van der Waals surface area contributed by atoms with Gasteiger partial charge in [0.1, 0.15) is 36.6 Å². The number of hydrogen-bond donors (Lipinski definition) is 6. The van der Waals surface area contributed by atoms with Gasteiger partial charge in [-0.3, -0.25) is 18.7 Å². The van der Waals surface area contributed by atoms with Crippen LogP contribution in [0.5, 0.6) is 0 Å². The first-order valence-corrected chi connectivity index (χ1v) is 8.95. The molecule has 1 aromatic heterocycles. The minimum atomic E-state index is -1.55. The number of nitrogens with zero attached hydrogens (tertiary/aromatic N) is 1. The minimum absolute atomic E-state index is 0.298. The summed E-state index contributed by atoms with van der Waals surface area (Å²) in [4.78, 5) is 25.0. The van der Waals surface area contributed by atoms with E-state index in [2.05, 4.69) is 0 Å². The quantitative estimate of drug-likeness (QED) is 0.256. The molecule has 2 unspecified atom stereocenters. The first kappa shape index (κ1) is 22.0. The summed E-state index contributed by atoms with van der Waals surface area (Å²) >= 11 is 0. The highest BCUT2D eigenvalue weighted by Gasteiger charge is 2.48. The van der Waals surface area contributed by atoms with Crippen molar-refractivity contribution in [1.82, 2.24) is 9.55 Å². The normalized spacial score (nSPS) is 38.4. The van der Waals surface area contributed by atoms with Gasteiger partial charge >= 0.3 is 5.69 Å². The molecule has 2 aliphatic rings. The molecule has 0 saturated carbocycles. The van der Waals surface area contributed by atoms with Crippen LogP contribution in [0.3, 0.4) is 0 Å². The Bertz CT molecular complexity index is 802. The minimum Gasteiger partial charge on any atom is -0.390 e. The molecule has 2 fully saturated rings. The van der Waals surface area contributed by atoms with Crippen LogP contribution in [0.2, 0.25) is 0 Å². The lowest BCUT2D eigenvalue weighted by Crippen LogP contribution is -2.39. The number of aliphatic hydroxyl groups is 5. The standard InChI is InChI=1S/C16H23FN2O10/c17-3-1-6(20)13-10(23)12(25)15(29-13)27-5-7-9(22)11(24)14(28-7)19-4-2-8(21)18-16(19)26/h2,4,6-7,9-15,20,22-25H,1,3,5H2,(H,18,21,26)/t6?,7-,9-,10+,11-,12+,13-,14-,15?/m1/s1. The first-order chi connectivity index (χ1) is 13.7. The van der Waals surface area contributed by atoms with E-state index in [1.807, 2.05) is 4.98 Å². The molecule has 3 rings (SSSR count). The molecule has 2 saturated heterocycles. The fraction of sp³-hybridized carbons (Fsp3) is 0.750. The number of ether oxygens (including phenoxy) is 3. The summed E-state index contributed by atoms with van der Waals surface area (Å²) in [5.41, 5.74) is -1.49. The molecular formula is C16H23FN2O10. The van der Waals surface area contributed by atoms with E-state index < -0.39 is 79.8 Å². The van der Waals surface area contributed by atoms with Crippen LogP contribution >= 0.6 is 0 Å². The Balaban J connectivity index is 1.62. The Morgan fingerprint density at radius 1 is 1.14 bits per heavy atom. The average molecular weight is 422 g/mol. The number of aromatic nitrogens is 2. The predicted octanol–water partition coefficient (Wildman–Crippen LogP) is -3.66. The molecule has 164 valence electrons. The highest BCUT2D eigenvalue weighted by molar-refractivity contribution is 4.94. The Labute approximate surface area is 162 Å². The SMILES string of the molecule is O=c1ccn([C@@H]2O[C@H](COC3O[C@H](C(O)CCF)[C@@H](O)[C@@H]3O)[C@@H](O)[C@H]2O)c(=O)[nH]1. The van der Waals surface area contributed by atoms with Gasteiger partial charge in [0.05, 0.1) is 19.4 Å². The van der Waals surface area contributed by atoms with Crippen LogP contribution in [0.15, 0.2) is 21.9 Å². The van der Waals surface area contributed by atoms with Crippen LogP contribution in [0, 0.1) is 0 Å². The highest BCUT2D eigenvalue weighted by atomic mass is 19.1. The van der Waals surface area contributed by atoms with Crippen LogP contribution in [0.1, 0.15) is 12.6 Å². The molecule has 2 aliphatic heterocycles. The molecule has 0 aromatic carbocycles. The molecule has 0 bridgehead atoms. The van der Waals surface area contributed by atoms with Crippen molar-refractivity contribution < 1.29 is 44.1 Å². The number of nitrogens with one attached hydrogen (secondary N) is 1. The van der Waals surface area contributed by atoms with E-state index in [0.29, 0.717) is 0 Å². The lowest BCUT2D eigenvalue weighted by Gasteiger charge is -2.21. The van der Waals surface area contributed by atoms with E-state index in [1.165, 1.54) is 0 Å². The van der Waals surface area contributed by atoms with Gasteiger partial charge in [-0.2, -0.15) is 0 Å². The molecule has 13 heteroatoms. The number of rotatable bonds is 7. The van der Waals surface area contributed by atoms with Crippen molar-refractivity contribution >= 4 is 0 Å². The Morgan fingerprint density at radius 3 is 2.52 bits per heavy atom. The van der Waals surface area contributed by atoms with E-state index in [9.17, 15) is 39.5 Å². The largest absolute Gasteiger partial charge is 0.390 e. The second-order valence-electron chi connectivity index (χ2n) is 6.89. The van der Waals surface area contributed by atoms with Gasteiger partial charge in [0, 0.05) is 18.7 Å². The van der Waals surface area contributed by atoms with E-state index in [-0.39, 0.29) is 6.42 Å². The second-order valence-corrected chi connectivity index (χ2v) is 6.89. The van der Waals surface area contributed by atoms with Gasteiger partial charge in [0.25, 0.3) is 5.56 Å². The van der Waals surface area contributed by atoms with Crippen LogP contribution < -0.4 is 11.2 Å². The summed E-state index contributed by atoms with van der Waals surface area (Å²) in [6.07, 6.45) is -11.7. The van der Waals surface area contributed by atoms with Crippen LogP contribution in [0.4, 0.5) is 4.39 Å². The van der Waals surface area contributed by atoms with Crippen LogP contribution in [0.25, 0.3) is 0 Å². The molecule has 3 heterocycles. The highest BCUT2D eigenvalue weighted by Crippen LogP contribution is 2.30. The second kappa shape index (κ2) is 8.97. The molecule has 6 N–H and O–H groups in total. The van der Waals surface area contributed by atoms with Crippen molar-refractivity contribution in [1.29, 1.82) is 0 Å². The van der Waals surface area contributed by atoms with E-state index in [0.717, 1.165) is 16.8 Å². The van der Waals surface area contributed by atoms with Crippen molar-refractivity contribution in [3.8, 4) is 0 Å². The Kier molecular flexibility index (Phi) is 6.80. The molecule has 0 amide bonds. The van der Waals surface area contributed by atoms with Gasteiger partial charge in [-0.15, -0.1) is 0 Å². The maximum Gasteiger partial charge on any atom is 0.330 e. The maximum atomic E-state index is 12.4. The van der Waals surface area contributed by atoms with Gasteiger partial charge < -0.3 is 39.7 Å². The monoisotopic (exact) mass is 422 g/mol. The lowest BCUT2D eigenvalue weighted by atomic mass is 10.0. The maximum absolute atomic E-state index is 12.4. The zero-order valence-corrected chi connectivity index (χ0v) is 15.1. The molecule has 29 heavy (non-hydrogen) atoms. The van der Waals surface area contributed by atoms with Crippen molar-refractivity contribution in [3.05, 3.63) is 33.1 Å². The zero-order chi connectivity index (χ0) is 21.3. The van der Waals surface area contributed by atoms with Crippen LogP contribution in [-0.4, -0.2) is 97.4 Å². The van der Waals surface area contributed by atoms with Crippen molar-refractivity contribution in [2.45, 2.75) is 61.7 Å². The van der Waals surface area contributed by atoms with E-state index in [4.69, 9.17) is 14.2 Å². The third-order valence-corrected chi connectivity index (χ3v) is 4.93. The van der Waals surface area contributed by atoms with Crippen LogP contribution in [-0.2, 0) is 14.2 Å². The summed E-state index contributed by atoms with van der Waals surface area (Å²) in [5, 5.41) is 50.0. The summed E-state index contributed by atoms with van der Waals surface area (Å²) in [6.45, 7) is -1.26. The Morgan fingerprint density at radius 2 is 1.86 bits per heavy atom. The average Bonchev–Trinajstić information content (AvgIpc) is 3.11. The molecule has 12 nitrogen and oxygen atoms in total. The topological polar surface area (TPSA) is 184 Å². The number of H-pyrrole nitrogens is 1. The van der Waals surface area contributed by atoms with E-state index in [1.54, 1.807) is 0 Å². The zero-order valence-electron chi connectivity index (χ0n) is 15.1. The predicted molar refractivity (Wildman–Crippen MR) is 90.5 cm³/mol. The van der Waals surface area contributed by atoms with Gasteiger partial charge in [0.2, 0.25) is 0 Å². The van der Waals surface area contributed by atoms with Crippen molar-refractivity contribution in [2.75, 3.05) is 13.3 Å². The summed E-state index contributed by atoms with van der Waals surface area (Å²) in [5.74, 6) is 0. The van der Waals surface area contributed by atoms with Gasteiger partial charge in [0.15, 0.2) is 12.5 Å². The number of aromatic amines is 1. The van der Waals surface area contributed by atoms with Gasteiger partial charge in [-0.25, -0.2) is 4.79 Å². The number of aliphatic hydroxyl groups excluding tert-OH is 5. The smallest absolute Gasteiger partial charge is 0.330 e. The number of halogens is 1. The molecule has 9 atom stereocenters. The molecule has 1 aromatic rings. The third kappa shape index (κ3) is 4.41. The summed E-state index contributed by atoms with van der Waals surface area (Å²) in [7, 11) is 0. The molecule has 0 aliphatic carbocycles. The summed E-state index contributed by atoms with van der Waals surface area (Å²) < 4.78 is 29.2. The molecule has 0 radical (unpaired) electrons. The molecule has 0 spiro atoms. The number of hydrogen-bond acceptors (Lipinski definition) is 10.